The Bertz CT molecular complexity index is 783. The molecule has 1 amide bonds. The van der Waals surface area contributed by atoms with Crippen molar-refractivity contribution in [1.82, 2.24) is 5.32 Å². The summed E-state index contributed by atoms with van der Waals surface area (Å²) >= 11 is 0. The van der Waals surface area contributed by atoms with E-state index in [0.717, 1.165) is 44.9 Å². The molecule has 0 aromatic rings. The molecule has 0 aromatic heterocycles. The first-order valence-corrected chi connectivity index (χ1v) is 14.7. The number of aliphatic carboxylic acids is 4. The van der Waals surface area contributed by atoms with Gasteiger partial charge in [0, 0.05) is 32.1 Å². The number of carbonyl (C=O) groups is 6. The minimum Gasteiger partial charge on any atom is -0.481 e. The zero-order valence-electron chi connectivity index (χ0n) is 23.7. The number of rotatable bonds is 28. The molecular weight excluding hydrogens is 522 g/mol. The van der Waals surface area contributed by atoms with E-state index in [1.807, 2.05) is 0 Å². The van der Waals surface area contributed by atoms with Crippen LogP contribution in [0.5, 0.6) is 0 Å². The molecule has 0 aliphatic heterocycles. The van der Waals surface area contributed by atoms with Gasteiger partial charge in [0.05, 0.1) is 5.92 Å². The van der Waals surface area contributed by atoms with E-state index < -0.39 is 48.2 Å². The van der Waals surface area contributed by atoms with Crippen LogP contribution in [0.15, 0.2) is 0 Å². The minimum absolute atomic E-state index is 0.106. The average Bonchev–Trinajstić information content (AvgIpc) is 2.87. The lowest BCUT2D eigenvalue weighted by Gasteiger charge is -2.15. The van der Waals surface area contributed by atoms with Gasteiger partial charge < -0.3 is 25.7 Å². The van der Waals surface area contributed by atoms with Crippen molar-refractivity contribution in [3.63, 3.8) is 0 Å². The number of amides is 1. The van der Waals surface area contributed by atoms with Crippen LogP contribution in [-0.2, 0) is 28.8 Å². The highest BCUT2D eigenvalue weighted by atomic mass is 16.4. The first-order valence-electron chi connectivity index (χ1n) is 14.7. The van der Waals surface area contributed by atoms with Crippen LogP contribution in [0.3, 0.4) is 0 Å². The third-order valence-corrected chi connectivity index (χ3v) is 6.92. The maximum Gasteiger partial charge on any atom is 0.326 e. The van der Waals surface area contributed by atoms with Gasteiger partial charge in [-0.15, -0.1) is 0 Å². The van der Waals surface area contributed by atoms with E-state index in [2.05, 4.69) is 5.32 Å². The standard InChI is InChI=1S/C29H49NO10/c31-23(15-13-11-9-7-5-3-1-2-4-6-8-10-12-14-16-26(33)34)21-22(28(37)38)17-19-25(32)30-24(29(39)40)18-20-27(35)36/h22,24H,1-21H2,(H,30,32)(H,33,34)(H,35,36)(H,37,38)(H,39,40). The Hall–Kier alpha value is -2.98. The fourth-order valence-corrected chi connectivity index (χ4v) is 4.51. The molecule has 5 N–H and O–H groups in total. The van der Waals surface area contributed by atoms with Gasteiger partial charge in [0.1, 0.15) is 11.8 Å². The zero-order chi connectivity index (χ0) is 30.2. The lowest BCUT2D eigenvalue weighted by atomic mass is 9.94. The highest BCUT2D eigenvalue weighted by Crippen LogP contribution is 2.17. The summed E-state index contributed by atoms with van der Waals surface area (Å²) in [5.41, 5.74) is 0. The highest BCUT2D eigenvalue weighted by Gasteiger charge is 2.24. The molecule has 0 saturated carbocycles. The predicted octanol–water partition coefficient (Wildman–Crippen LogP) is 5.19. The molecule has 0 aromatic carbocycles. The van der Waals surface area contributed by atoms with E-state index in [1.54, 1.807) is 0 Å². The van der Waals surface area contributed by atoms with Crippen molar-refractivity contribution >= 4 is 35.6 Å². The third-order valence-electron chi connectivity index (χ3n) is 6.92. The van der Waals surface area contributed by atoms with Crippen LogP contribution in [-0.4, -0.2) is 62.0 Å². The summed E-state index contributed by atoms with van der Waals surface area (Å²) in [6.45, 7) is 0. The molecular formula is C29H49NO10. The Morgan fingerprint density at radius 3 is 1.30 bits per heavy atom. The number of unbranched alkanes of at least 4 members (excludes halogenated alkanes) is 13. The van der Waals surface area contributed by atoms with Crippen LogP contribution in [0.4, 0.5) is 0 Å². The van der Waals surface area contributed by atoms with E-state index >= 15 is 0 Å². The molecule has 0 rings (SSSR count). The topological polar surface area (TPSA) is 195 Å². The van der Waals surface area contributed by atoms with Crippen molar-refractivity contribution in [3.8, 4) is 0 Å². The van der Waals surface area contributed by atoms with Crippen molar-refractivity contribution in [3.05, 3.63) is 0 Å². The van der Waals surface area contributed by atoms with E-state index in [4.69, 9.17) is 15.3 Å². The Morgan fingerprint density at radius 1 is 0.475 bits per heavy atom. The van der Waals surface area contributed by atoms with Crippen LogP contribution in [0.25, 0.3) is 0 Å². The van der Waals surface area contributed by atoms with Gasteiger partial charge in [-0.3, -0.25) is 24.0 Å². The van der Waals surface area contributed by atoms with Crippen LogP contribution in [0.2, 0.25) is 0 Å². The van der Waals surface area contributed by atoms with E-state index in [-0.39, 0.29) is 37.9 Å². The van der Waals surface area contributed by atoms with Crippen LogP contribution in [0.1, 0.15) is 135 Å². The van der Waals surface area contributed by atoms with Crippen molar-refractivity contribution in [2.75, 3.05) is 0 Å². The first kappa shape index (κ1) is 37.0. The quantitative estimate of drug-likeness (QED) is 0.0780. The molecule has 0 fully saturated rings. The molecule has 11 nitrogen and oxygen atoms in total. The van der Waals surface area contributed by atoms with E-state index in [9.17, 15) is 33.9 Å². The lowest BCUT2D eigenvalue weighted by molar-refractivity contribution is -0.145. The summed E-state index contributed by atoms with van der Waals surface area (Å²) in [6, 6.07) is -1.37. The largest absolute Gasteiger partial charge is 0.481 e. The molecule has 0 spiro atoms. The second-order valence-corrected chi connectivity index (χ2v) is 10.6. The molecule has 2 atom stereocenters. The normalized spacial score (nSPS) is 12.4. The van der Waals surface area contributed by atoms with Crippen LogP contribution >= 0.6 is 0 Å². The third kappa shape index (κ3) is 23.0. The Labute approximate surface area is 237 Å². The smallest absolute Gasteiger partial charge is 0.326 e. The highest BCUT2D eigenvalue weighted by molar-refractivity contribution is 5.86. The average molecular weight is 572 g/mol. The Balaban J connectivity index is 3.87. The maximum absolute atomic E-state index is 12.3. The van der Waals surface area contributed by atoms with Gasteiger partial charge >= 0.3 is 23.9 Å². The summed E-state index contributed by atoms with van der Waals surface area (Å²) in [6.07, 6.45) is 14.3. The van der Waals surface area contributed by atoms with Crippen molar-refractivity contribution in [2.24, 2.45) is 5.92 Å². The van der Waals surface area contributed by atoms with Crippen molar-refractivity contribution in [1.29, 1.82) is 0 Å². The summed E-state index contributed by atoms with van der Waals surface area (Å²) in [4.78, 5) is 68.1. The summed E-state index contributed by atoms with van der Waals surface area (Å²) in [5, 5.41) is 38.0. The van der Waals surface area contributed by atoms with Gasteiger partial charge in [-0.25, -0.2) is 4.79 Å². The molecule has 0 bridgehead atoms. The van der Waals surface area contributed by atoms with E-state index in [0.29, 0.717) is 12.8 Å². The van der Waals surface area contributed by atoms with Gasteiger partial charge in [0.2, 0.25) is 5.91 Å². The van der Waals surface area contributed by atoms with Crippen molar-refractivity contribution < 1.29 is 49.2 Å². The molecule has 0 aliphatic carbocycles. The minimum atomic E-state index is -1.37. The van der Waals surface area contributed by atoms with Crippen LogP contribution < -0.4 is 5.32 Å². The number of carboxylic acid groups (broad SMARTS) is 4. The summed E-state index contributed by atoms with van der Waals surface area (Å²) in [5.74, 6) is -6.35. The van der Waals surface area contributed by atoms with Gasteiger partial charge in [0.25, 0.3) is 0 Å². The zero-order valence-corrected chi connectivity index (χ0v) is 23.7. The van der Waals surface area contributed by atoms with Gasteiger partial charge in [0.15, 0.2) is 0 Å². The number of carboxylic acids is 4. The monoisotopic (exact) mass is 571 g/mol. The first-order chi connectivity index (χ1) is 19.0. The molecule has 40 heavy (non-hydrogen) atoms. The van der Waals surface area contributed by atoms with Gasteiger partial charge in [-0.05, 0) is 25.7 Å². The van der Waals surface area contributed by atoms with Gasteiger partial charge in [-0.1, -0.05) is 77.0 Å². The fourth-order valence-electron chi connectivity index (χ4n) is 4.51. The van der Waals surface area contributed by atoms with Crippen molar-refractivity contribution in [2.45, 2.75) is 141 Å². The van der Waals surface area contributed by atoms with E-state index in [1.165, 1.54) is 38.5 Å². The number of Topliss-reactive ketones (excluding diaryl/α,β-unsaturated/α-hetero) is 1. The molecule has 2 unspecified atom stereocenters. The van der Waals surface area contributed by atoms with Crippen LogP contribution in [0, 0.1) is 5.92 Å². The number of ketones is 1. The number of carbonyl (C=O) groups excluding carboxylic acids is 2. The molecule has 0 saturated heterocycles. The number of hydrogen-bond acceptors (Lipinski definition) is 6. The SMILES string of the molecule is O=C(O)CCCCCCCCCCCCCCCCC(=O)CC(CCC(=O)NC(CCC(=O)O)C(=O)O)C(=O)O. The second kappa shape index (κ2) is 23.9. The Morgan fingerprint density at radius 2 is 0.900 bits per heavy atom. The number of nitrogens with one attached hydrogen (secondary N) is 1. The second-order valence-electron chi connectivity index (χ2n) is 10.6. The summed E-state index contributed by atoms with van der Waals surface area (Å²) < 4.78 is 0. The molecule has 0 radical (unpaired) electrons. The lowest BCUT2D eigenvalue weighted by Crippen LogP contribution is -2.41. The maximum atomic E-state index is 12.3. The molecule has 11 heteroatoms. The molecule has 0 aliphatic rings. The molecule has 230 valence electrons. The van der Waals surface area contributed by atoms with Gasteiger partial charge in [-0.2, -0.15) is 0 Å². The number of hydrogen-bond donors (Lipinski definition) is 5. The molecule has 0 heterocycles. The Kier molecular flexibility index (Phi) is 22.1. The fraction of sp³-hybridized carbons (Fsp3) is 0.793. The predicted molar refractivity (Wildman–Crippen MR) is 148 cm³/mol. The summed E-state index contributed by atoms with van der Waals surface area (Å²) in [7, 11) is 0.